The molecular weight excluding hydrogens is 508 g/mol. The number of amides is 1. The molecule has 4 rings (SSSR count). The summed E-state index contributed by atoms with van der Waals surface area (Å²) in [5, 5.41) is 16.7. The third-order valence-corrected chi connectivity index (χ3v) is 8.31. The Labute approximate surface area is 222 Å². The first-order valence-corrected chi connectivity index (χ1v) is 14.0. The van der Waals surface area contributed by atoms with Gasteiger partial charge in [0.05, 0.1) is 5.69 Å². The number of aryl methyl sites for hydroxylation is 1. The summed E-state index contributed by atoms with van der Waals surface area (Å²) in [4.78, 5) is 24.2. The van der Waals surface area contributed by atoms with Crippen molar-refractivity contribution in [3.63, 3.8) is 0 Å². The smallest absolute Gasteiger partial charge is 0.356 e. The van der Waals surface area contributed by atoms with Crippen molar-refractivity contribution in [3.8, 4) is 17.3 Å². The normalized spacial score (nSPS) is 14.5. The number of carboxylic acids is 1. The number of carbonyl (C=O) groups excluding carboxylic acids is 1. The van der Waals surface area contributed by atoms with Crippen molar-refractivity contribution in [1.29, 1.82) is 0 Å². The maximum atomic E-state index is 13.4. The number of rotatable bonds is 10. The van der Waals surface area contributed by atoms with Gasteiger partial charge in [0.15, 0.2) is 5.69 Å². The van der Waals surface area contributed by atoms with Gasteiger partial charge in [-0.2, -0.15) is 9.78 Å². The summed E-state index contributed by atoms with van der Waals surface area (Å²) in [6.45, 7) is 7.08. The van der Waals surface area contributed by atoms with Gasteiger partial charge in [-0.1, -0.05) is 31.0 Å². The Morgan fingerprint density at radius 3 is 2.42 bits per heavy atom. The Kier molecular flexibility index (Phi) is 7.89. The zero-order valence-corrected chi connectivity index (χ0v) is 22.6. The van der Waals surface area contributed by atoms with E-state index >= 15 is 0 Å². The van der Waals surface area contributed by atoms with E-state index < -0.39 is 16.0 Å². The minimum Gasteiger partial charge on any atom is -0.476 e. The molecule has 1 saturated carbocycles. The van der Waals surface area contributed by atoms with E-state index in [2.05, 4.69) is 15.1 Å². The molecule has 0 bridgehead atoms. The fraction of sp³-hybridized carbons (Fsp3) is 0.370. The fourth-order valence-electron chi connectivity index (χ4n) is 3.98. The number of benzene rings is 2. The van der Waals surface area contributed by atoms with Crippen LogP contribution in [0.15, 0.2) is 47.4 Å². The first kappa shape index (κ1) is 27.3. The summed E-state index contributed by atoms with van der Waals surface area (Å²) >= 11 is 0. The molecular formula is C27H32N4O6S. The van der Waals surface area contributed by atoms with Crippen LogP contribution in [0.25, 0.3) is 5.69 Å². The second kappa shape index (κ2) is 11.0. The van der Waals surface area contributed by atoms with Gasteiger partial charge in [-0.05, 0) is 70.4 Å². The molecule has 1 atom stereocenters. The number of hydrogen-bond donors (Lipinski definition) is 3. The Hall–Kier alpha value is -3.70. The van der Waals surface area contributed by atoms with E-state index in [9.17, 15) is 23.1 Å². The SMILES string of the molecule is CC[C@@H](C)NS(=O)(=O)c1cc(NC(=O)C2CCC2)ccc1Oc1c(C)c(C(=O)O)nn1-c1ccc(C)cc1. The Bertz CT molecular complexity index is 1460. The maximum absolute atomic E-state index is 13.4. The quantitative estimate of drug-likeness (QED) is 0.336. The van der Waals surface area contributed by atoms with E-state index in [0.29, 0.717) is 17.8 Å². The van der Waals surface area contributed by atoms with Gasteiger partial charge >= 0.3 is 5.97 Å². The number of hydrogen-bond acceptors (Lipinski definition) is 6. The van der Waals surface area contributed by atoms with Crippen molar-refractivity contribution in [2.45, 2.75) is 64.3 Å². The van der Waals surface area contributed by atoms with E-state index in [4.69, 9.17) is 4.74 Å². The van der Waals surface area contributed by atoms with Crippen molar-refractivity contribution in [3.05, 3.63) is 59.3 Å². The second-order valence-corrected chi connectivity index (χ2v) is 11.3. The van der Waals surface area contributed by atoms with Crippen LogP contribution in [0.1, 0.15) is 61.1 Å². The number of ether oxygens (including phenoxy) is 1. The first-order valence-electron chi connectivity index (χ1n) is 12.5. The van der Waals surface area contributed by atoms with Gasteiger partial charge in [-0.25, -0.2) is 17.9 Å². The molecule has 11 heteroatoms. The highest BCUT2D eigenvalue weighted by Gasteiger charge is 2.29. The molecule has 10 nitrogen and oxygen atoms in total. The lowest BCUT2D eigenvalue weighted by atomic mass is 9.85. The Morgan fingerprint density at radius 2 is 1.84 bits per heavy atom. The zero-order chi connectivity index (χ0) is 27.6. The van der Waals surface area contributed by atoms with Gasteiger partial charge < -0.3 is 15.2 Å². The van der Waals surface area contributed by atoms with E-state index in [1.54, 1.807) is 32.0 Å². The molecule has 1 aliphatic carbocycles. The number of carbonyl (C=O) groups is 2. The third kappa shape index (κ3) is 5.73. The van der Waals surface area contributed by atoms with E-state index in [1.165, 1.54) is 16.8 Å². The molecule has 1 aliphatic rings. The molecule has 3 N–H and O–H groups in total. The number of sulfonamides is 1. The Morgan fingerprint density at radius 1 is 1.16 bits per heavy atom. The molecule has 1 fully saturated rings. The lowest BCUT2D eigenvalue weighted by Gasteiger charge is -2.24. The van der Waals surface area contributed by atoms with Gasteiger partial charge in [0, 0.05) is 23.2 Å². The molecule has 3 aromatic rings. The molecule has 0 spiro atoms. The number of aromatic nitrogens is 2. The number of carboxylic acid groups (broad SMARTS) is 1. The molecule has 2 aromatic carbocycles. The van der Waals surface area contributed by atoms with Crippen LogP contribution in [-0.2, 0) is 14.8 Å². The molecule has 0 radical (unpaired) electrons. The topological polar surface area (TPSA) is 140 Å². The van der Waals surface area contributed by atoms with Crippen LogP contribution in [0.5, 0.6) is 11.6 Å². The summed E-state index contributed by atoms with van der Waals surface area (Å²) in [6.07, 6.45) is 3.17. The van der Waals surface area contributed by atoms with Crippen LogP contribution in [0.2, 0.25) is 0 Å². The average molecular weight is 541 g/mol. The highest BCUT2D eigenvalue weighted by molar-refractivity contribution is 7.89. The molecule has 38 heavy (non-hydrogen) atoms. The number of aromatic carboxylic acids is 1. The largest absolute Gasteiger partial charge is 0.476 e. The summed E-state index contributed by atoms with van der Waals surface area (Å²) in [5.41, 5.74) is 1.90. The molecule has 0 aliphatic heterocycles. The lowest BCUT2D eigenvalue weighted by Crippen LogP contribution is -2.32. The Balaban J connectivity index is 1.80. The number of nitrogens with one attached hydrogen (secondary N) is 2. The minimum atomic E-state index is -4.07. The standard InChI is InChI=1S/C27H32N4O6S/c1-5-17(3)30-38(35,36)23-15-20(28-25(32)19-7-6-8-19)11-14-22(23)37-26-18(4)24(27(33)34)29-31(26)21-12-9-16(2)10-13-21/h9-15,17,19,30H,5-8H2,1-4H3,(H,28,32)(H,33,34)/t17-/m1/s1. The average Bonchev–Trinajstić information content (AvgIpc) is 3.15. The van der Waals surface area contributed by atoms with Crippen LogP contribution in [0, 0.1) is 19.8 Å². The van der Waals surface area contributed by atoms with Crippen molar-refractivity contribution < 1.29 is 27.9 Å². The highest BCUT2D eigenvalue weighted by atomic mass is 32.2. The minimum absolute atomic E-state index is 0.0317. The van der Waals surface area contributed by atoms with Crippen LogP contribution >= 0.6 is 0 Å². The molecule has 1 amide bonds. The van der Waals surface area contributed by atoms with Crippen molar-refractivity contribution >= 4 is 27.6 Å². The summed E-state index contributed by atoms with van der Waals surface area (Å²) in [5.74, 6) is -1.43. The predicted molar refractivity (Wildman–Crippen MR) is 143 cm³/mol. The van der Waals surface area contributed by atoms with Crippen LogP contribution in [0.4, 0.5) is 5.69 Å². The number of nitrogens with zero attached hydrogens (tertiary/aromatic N) is 2. The predicted octanol–water partition coefficient (Wildman–Crippen LogP) is 4.80. The van der Waals surface area contributed by atoms with Crippen molar-refractivity contribution in [1.82, 2.24) is 14.5 Å². The van der Waals surface area contributed by atoms with E-state index in [-0.39, 0.29) is 45.6 Å². The van der Waals surface area contributed by atoms with Crippen LogP contribution < -0.4 is 14.8 Å². The van der Waals surface area contributed by atoms with E-state index in [0.717, 1.165) is 24.8 Å². The molecule has 1 aromatic heterocycles. The monoisotopic (exact) mass is 540 g/mol. The molecule has 202 valence electrons. The van der Waals surface area contributed by atoms with Gasteiger partial charge in [0.2, 0.25) is 21.8 Å². The summed E-state index contributed by atoms with van der Waals surface area (Å²) in [6, 6.07) is 11.3. The molecule has 0 saturated heterocycles. The highest BCUT2D eigenvalue weighted by Crippen LogP contribution is 2.36. The molecule has 0 unspecified atom stereocenters. The lowest BCUT2D eigenvalue weighted by molar-refractivity contribution is -0.122. The van der Waals surface area contributed by atoms with Crippen molar-refractivity contribution in [2.75, 3.05) is 5.32 Å². The van der Waals surface area contributed by atoms with Gasteiger partial charge in [0.25, 0.3) is 0 Å². The van der Waals surface area contributed by atoms with Gasteiger partial charge in [-0.3, -0.25) is 4.79 Å². The fourth-order valence-corrected chi connectivity index (χ4v) is 5.46. The second-order valence-electron chi connectivity index (χ2n) is 9.64. The number of anilines is 1. The van der Waals surface area contributed by atoms with Crippen molar-refractivity contribution in [2.24, 2.45) is 5.92 Å². The van der Waals surface area contributed by atoms with E-state index in [1.807, 2.05) is 26.0 Å². The van der Waals surface area contributed by atoms with Crippen LogP contribution in [-0.4, -0.2) is 41.2 Å². The first-order chi connectivity index (χ1) is 18.0. The maximum Gasteiger partial charge on any atom is 0.356 e. The van der Waals surface area contributed by atoms with Gasteiger partial charge in [-0.15, -0.1) is 0 Å². The third-order valence-electron chi connectivity index (χ3n) is 6.70. The molecule has 1 heterocycles. The summed E-state index contributed by atoms with van der Waals surface area (Å²) < 4.78 is 36.9. The van der Waals surface area contributed by atoms with Gasteiger partial charge in [0.1, 0.15) is 10.6 Å². The van der Waals surface area contributed by atoms with Crippen LogP contribution in [0.3, 0.4) is 0 Å². The summed E-state index contributed by atoms with van der Waals surface area (Å²) in [7, 11) is -4.07. The zero-order valence-electron chi connectivity index (χ0n) is 21.8.